The van der Waals surface area contributed by atoms with Crippen molar-refractivity contribution in [1.82, 2.24) is 9.80 Å². The van der Waals surface area contributed by atoms with Crippen LogP contribution in [0.2, 0.25) is 0 Å². The number of benzene rings is 2. The number of aryl methyl sites for hydroxylation is 1. The summed E-state index contributed by atoms with van der Waals surface area (Å²) in [7, 11) is 0. The first-order valence-corrected chi connectivity index (χ1v) is 10.1. The van der Waals surface area contributed by atoms with Crippen molar-refractivity contribution in [3.05, 3.63) is 71.8 Å². The van der Waals surface area contributed by atoms with E-state index < -0.39 is 6.10 Å². The number of hydrogen-bond donors (Lipinski definition) is 0. The van der Waals surface area contributed by atoms with E-state index in [0.717, 1.165) is 44.0 Å². The Morgan fingerprint density at radius 1 is 1.04 bits per heavy atom. The summed E-state index contributed by atoms with van der Waals surface area (Å²) in [5, 5.41) is 0. The molecule has 4 heteroatoms. The number of hydrogen-bond acceptors (Lipinski definition) is 3. The van der Waals surface area contributed by atoms with Crippen LogP contribution in [0.25, 0.3) is 6.08 Å². The number of carbonyl (C=O) groups excluding carboxylic acids is 1. The summed E-state index contributed by atoms with van der Waals surface area (Å²) >= 11 is 0. The lowest BCUT2D eigenvalue weighted by atomic mass is 10.2. The molecule has 1 fully saturated rings. The molecule has 1 aliphatic rings. The third-order valence-corrected chi connectivity index (χ3v) is 5.17. The molecule has 0 aromatic heterocycles. The van der Waals surface area contributed by atoms with Crippen molar-refractivity contribution in [3.63, 3.8) is 0 Å². The van der Waals surface area contributed by atoms with Crippen LogP contribution in [0.1, 0.15) is 24.5 Å². The molecule has 0 saturated carbocycles. The molecule has 1 aliphatic heterocycles. The van der Waals surface area contributed by atoms with Crippen LogP contribution in [-0.2, 0) is 4.79 Å². The molecule has 1 saturated heterocycles. The Morgan fingerprint density at radius 3 is 2.39 bits per heavy atom. The van der Waals surface area contributed by atoms with Crippen LogP contribution in [0.15, 0.2) is 60.7 Å². The van der Waals surface area contributed by atoms with E-state index in [1.54, 1.807) is 0 Å². The molecule has 0 radical (unpaired) electrons. The number of piperazine rings is 1. The molecule has 148 valence electrons. The van der Waals surface area contributed by atoms with Gasteiger partial charge >= 0.3 is 0 Å². The van der Waals surface area contributed by atoms with Crippen LogP contribution in [0.4, 0.5) is 0 Å². The maximum absolute atomic E-state index is 12.9. The molecule has 2 aromatic carbocycles. The van der Waals surface area contributed by atoms with Gasteiger partial charge in [0.1, 0.15) is 5.75 Å². The van der Waals surface area contributed by atoms with E-state index in [4.69, 9.17) is 4.74 Å². The van der Waals surface area contributed by atoms with Gasteiger partial charge in [-0.3, -0.25) is 9.69 Å². The van der Waals surface area contributed by atoms with E-state index in [-0.39, 0.29) is 5.91 Å². The van der Waals surface area contributed by atoms with Crippen molar-refractivity contribution in [3.8, 4) is 5.75 Å². The van der Waals surface area contributed by atoms with Crippen LogP contribution >= 0.6 is 0 Å². The van der Waals surface area contributed by atoms with Gasteiger partial charge in [0.2, 0.25) is 0 Å². The summed E-state index contributed by atoms with van der Waals surface area (Å²) in [5.74, 6) is 0.901. The Kier molecular flexibility index (Phi) is 7.26. The van der Waals surface area contributed by atoms with Crippen molar-refractivity contribution in [2.45, 2.75) is 26.4 Å². The van der Waals surface area contributed by atoms with E-state index >= 15 is 0 Å². The Morgan fingerprint density at radius 2 is 1.71 bits per heavy atom. The molecule has 2 aromatic rings. The molecule has 1 unspecified atom stereocenters. The normalized spacial score (nSPS) is 16.3. The molecule has 1 atom stereocenters. The second-order valence-corrected chi connectivity index (χ2v) is 7.22. The molecule has 28 heavy (non-hydrogen) atoms. The molecule has 4 nitrogen and oxygen atoms in total. The fourth-order valence-electron chi connectivity index (χ4n) is 3.41. The van der Waals surface area contributed by atoms with Gasteiger partial charge in [-0.05, 0) is 30.5 Å². The second-order valence-electron chi connectivity index (χ2n) is 7.22. The van der Waals surface area contributed by atoms with Gasteiger partial charge in [-0.15, -0.1) is 0 Å². The van der Waals surface area contributed by atoms with Crippen LogP contribution in [0.3, 0.4) is 0 Å². The van der Waals surface area contributed by atoms with Crippen molar-refractivity contribution >= 4 is 12.0 Å². The fourth-order valence-corrected chi connectivity index (χ4v) is 3.41. The Hall–Kier alpha value is -2.59. The number of rotatable bonds is 7. The Bertz CT molecular complexity index is 780. The van der Waals surface area contributed by atoms with E-state index in [2.05, 4.69) is 29.2 Å². The highest BCUT2D eigenvalue weighted by Crippen LogP contribution is 2.20. The summed E-state index contributed by atoms with van der Waals surface area (Å²) in [6.45, 7) is 8.22. The van der Waals surface area contributed by atoms with Gasteiger partial charge in [0.05, 0.1) is 0 Å². The first-order chi connectivity index (χ1) is 13.7. The zero-order chi connectivity index (χ0) is 19.8. The van der Waals surface area contributed by atoms with Gasteiger partial charge in [-0.1, -0.05) is 67.6 Å². The van der Waals surface area contributed by atoms with Crippen LogP contribution in [0, 0.1) is 6.92 Å². The minimum Gasteiger partial charge on any atom is -0.480 e. The molecule has 1 amide bonds. The number of para-hydroxylation sites is 1. The summed E-state index contributed by atoms with van der Waals surface area (Å²) in [4.78, 5) is 17.2. The average molecular weight is 379 g/mol. The van der Waals surface area contributed by atoms with Crippen LogP contribution < -0.4 is 4.74 Å². The van der Waals surface area contributed by atoms with Crippen LogP contribution in [0.5, 0.6) is 5.75 Å². The summed E-state index contributed by atoms with van der Waals surface area (Å²) in [6, 6.07) is 18.2. The van der Waals surface area contributed by atoms with E-state index in [9.17, 15) is 4.79 Å². The predicted molar refractivity (Wildman–Crippen MR) is 114 cm³/mol. The standard InChI is InChI=1S/C24H30N2O2/c1-3-22(28-23-14-8-7-10-20(23)2)24(27)26-18-16-25(17-19-26)15-9-13-21-11-5-4-6-12-21/h4-14,22H,3,15-19H2,1-2H3/b13-9+. The van der Waals surface area contributed by atoms with Crippen molar-refractivity contribution < 1.29 is 9.53 Å². The van der Waals surface area contributed by atoms with Crippen molar-refractivity contribution in [2.24, 2.45) is 0 Å². The molecule has 1 heterocycles. The lowest BCUT2D eigenvalue weighted by Crippen LogP contribution is -2.52. The highest BCUT2D eigenvalue weighted by Gasteiger charge is 2.27. The average Bonchev–Trinajstić information content (AvgIpc) is 2.74. The van der Waals surface area contributed by atoms with Crippen molar-refractivity contribution in [1.29, 1.82) is 0 Å². The van der Waals surface area contributed by atoms with Gasteiger partial charge in [0.15, 0.2) is 6.10 Å². The largest absolute Gasteiger partial charge is 0.480 e. The fraction of sp³-hybridized carbons (Fsp3) is 0.375. The SMILES string of the molecule is CCC(Oc1ccccc1C)C(=O)N1CCN(C/C=C/c2ccccc2)CC1. The maximum atomic E-state index is 12.9. The van der Waals surface area contributed by atoms with E-state index in [1.807, 2.05) is 61.2 Å². The summed E-state index contributed by atoms with van der Waals surface area (Å²) in [5.41, 5.74) is 2.28. The third kappa shape index (κ3) is 5.46. The monoisotopic (exact) mass is 378 g/mol. The minimum absolute atomic E-state index is 0.102. The van der Waals surface area contributed by atoms with Gasteiger partial charge < -0.3 is 9.64 Å². The van der Waals surface area contributed by atoms with Gasteiger partial charge in [-0.25, -0.2) is 0 Å². The predicted octanol–water partition coefficient (Wildman–Crippen LogP) is 4.01. The first kappa shape index (κ1) is 20.2. The maximum Gasteiger partial charge on any atom is 0.263 e. The highest BCUT2D eigenvalue weighted by molar-refractivity contribution is 5.81. The molecule has 0 aliphatic carbocycles. The second kappa shape index (κ2) is 10.1. The minimum atomic E-state index is -0.411. The molecule has 0 spiro atoms. The van der Waals surface area contributed by atoms with Gasteiger partial charge in [0.25, 0.3) is 5.91 Å². The lowest BCUT2D eigenvalue weighted by Gasteiger charge is -2.35. The molecular formula is C24H30N2O2. The quantitative estimate of drug-likeness (QED) is 0.730. The first-order valence-electron chi connectivity index (χ1n) is 10.1. The Balaban J connectivity index is 1.48. The highest BCUT2D eigenvalue weighted by atomic mass is 16.5. The van der Waals surface area contributed by atoms with E-state index in [1.165, 1.54) is 5.56 Å². The number of ether oxygens (including phenoxy) is 1. The summed E-state index contributed by atoms with van der Waals surface area (Å²) in [6.07, 6.45) is 4.61. The molecular weight excluding hydrogens is 348 g/mol. The third-order valence-electron chi connectivity index (χ3n) is 5.17. The zero-order valence-corrected chi connectivity index (χ0v) is 16.9. The number of amides is 1. The zero-order valence-electron chi connectivity index (χ0n) is 16.9. The van der Waals surface area contributed by atoms with Crippen LogP contribution in [-0.4, -0.2) is 54.5 Å². The molecule has 0 N–H and O–H groups in total. The topological polar surface area (TPSA) is 32.8 Å². The number of carbonyl (C=O) groups is 1. The molecule has 0 bridgehead atoms. The smallest absolute Gasteiger partial charge is 0.263 e. The van der Waals surface area contributed by atoms with Gasteiger partial charge in [-0.2, -0.15) is 0 Å². The van der Waals surface area contributed by atoms with E-state index in [0.29, 0.717) is 6.42 Å². The van der Waals surface area contributed by atoms with Crippen molar-refractivity contribution in [2.75, 3.05) is 32.7 Å². The number of nitrogens with zero attached hydrogens (tertiary/aromatic N) is 2. The summed E-state index contributed by atoms with van der Waals surface area (Å²) < 4.78 is 6.03. The lowest BCUT2D eigenvalue weighted by molar-refractivity contribution is -0.140. The molecule has 3 rings (SSSR count). The van der Waals surface area contributed by atoms with Gasteiger partial charge in [0, 0.05) is 32.7 Å². The Labute approximate surface area is 168 Å².